The number of halogens is 2. The van der Waals surface area contributed by atoms with Crippen molar-refractivity contribution in [2.75, 3.05) is 0 Å². The van der Waals surface area contributed by atoms with Crippen LogP contribution in [0, 0.1) is 0 Å². The van der Waals surface area contributed by atoms with E-state index in [9.17, 15) is 0 Å². The predicted octanol–water partition coefficient (Wildman–Crippen LogP) is 3.27. The first-order valence-corrected chi connectivity index (χ1v) is 11.6. The molecule has 58 valence electrons. The second-order valence-corrected chi connectivity index (χ2v) is 15.3. The van der Waals surface area contributed by atoms with Crippen molar-refractivity contribution in [1.29, 1.82) is 0 Å². The molecule has 0 aliphatic heterocycles. The first kappa shape index (κ1) is 12.7. The lowest BCUT2D eigenvalue weighted by molar-refractivity contribution is 1.87. The summed E-state index contributed by atoms with van der Waals surface area (Å²) in [6.45, 7) is 10.4. The van der Waals surface area contributed by atoms with Crippen LogP contribution < -0.4 is 0 Å². The van der Waals surface area contributed by atoms with Crippen LogP contribution in [0.3, 0.4) is 0 Å². The number of rotatable bonds is 0. The molecule has 0 nitrogen and oxygen atoms in total. The lowest BCUT2D eigenvalue weighted by Gasteiger charge is -1.97. The van der Waals surface area contributed by atoms with Crippen molar-refractivity contribution in [3.63, 3.8) is 0 Å². The van der Waals surface area contributed by atoms with Gasteiger partial charge in [0, 0.05) is 0 Å². The fraction of sp³-hybridized carbons (Fsp3) is 1.00. The molecule has 0 aromatic carbocycles. The van der Waals surface area contributed by atoms with E-state index in [1.807, 2.05) is 0 Å². The normalized spacial score (nSPS) is 10.7. The van der Waals surface area contributed by atoms with Crippen LogP contribution >= 0.6 is 22.2 Å². The number of hydrogen-bond acceptors (Lipinski definition) is 0. The van der Waals surface area contributed by atoms with Gasteiger partial charge in [0.05, 0.1) is 0 Å². The van der Waals surface area contributed by atoms with Gasteiger partial charge in [0.15, 0.2) is 0 Å². The van der Waals surface area contributed by atoms with E-state index in [1.165, 1.54) is 0 Å². The lowest BCUT2D eigenvalue weighted by Crippen LogP contribution is -2.06. The van der Waals surface area contributed by atoms with Crippen molar-refractivity contribution in [3.8, 4) is 0 Å². The zero-order valence-corrected chi connectivity index (χ0v) is 10.5. The highest BCUT2D eigenvalue weighted by atomic mass is 35.6. The molecular weight excluding hydrogens is 187 g/mol. The average Bonchev–Trinajstić information content (AvgIpc) is 1.19. The highest BCUT2D eigenvalue weighted by Crippen LogP contribution is 2.03. The molecule has 0 aromatic rings. The Labute approximate surface area is 70.6 Å². The zero-order chi connectivity index (χ0) is 8.08. The molecule has 0 aliphatic rings. The molecule has 0 saturated heterocycles. The Hall–Kier alpha value is 1.01. The second-order valence-electron chi connectivity index (χ2n) is 3.08. The van der Waals surface area contributed by atoms with E-state index in [4.69, 9.17) is 22.2 Å². The topological polar surface area (TPSA) is 0 Å². The van der Waals surface area contributed by atoms with Crippen molar-refractivity contribution in [2.45, 2.75) is 32.7 Å². The zero-order valence-electron chi connectivity index (χ0n) is 6.83. The monoisotopic (exact) mass is 202 g/mol. The van der Waals surface area contributed by atoms with Crippen LogP contribution in [0.4, 0.5) is 0 Å². The van der Waals surface area contributed by atoms with Crippen LogP contribution in [-0.4, -0.2) is 15.5 Å². The summed E-state index contributed by atoms with van der Waals surface area (Å²) in [5.41, 5.74) is 0. The molecule has 0 heterocycles. The third-order valence-corrected chi connectivity index (χ3v) is 0. The average molecular weight is 203 g/mol. The van der Waals surface area contributed by atoms with Gasteiger partial charge in [0.2, 0.25) is 0 Å². The summed E-state index contributed by atoms with van der Waals surface area (Å²) in [4.78, 5) is 0. The van der Waals surface area contributed by atoms with Crippen molar-refractivity contribution in [2.24, 2.45) is 0 Å². The van der Waals surface area contributed by atoms with Gasteiger partial charge in [-0.3, -0.25) is 0 Å². The maximum atomic E-state index is 5.67. The van der Waals surface area contributed by atoms with Gasteiger partial charge in [-0.2, -0.15) is 22.2 Å². The second kappa shape index (κ2) is 5.77. The van der Waals surface area contributed by atoms with Gasteiger partial charge in [0.25, 0.3) is 0 Å². The van der Waals surface area contributed by atoms with Gasteiger partial charge >= 0.3 is 0 Å². The minimum absolute atomic E-state index is 0.667. The minimum Gasteiger partial charge on any atom is -0.172 e. The lowest BCUT2D eigenvalue weighted by atomic mass is 11.8. The Bertz CT molecular complexity index is 49.7. The molecule has 0 fully saturated rings. The number of hydrogen-bond donors (Lipinski definition) is 0. The molecule has 0 N–H and O–H groups in total. The Morgan fingerprint density at radius 1 is 1.11 bits per heavy atom. The summed E-state index contributed by atoms with van der Waals surface area (Å²) in [6, 6.07) is 0. The highest BCUT2D eigenvalue weighted by Gasteiger charge is 2.04. The van der Waals surface area contributed by atoms with E-state index >= 15 is 0 Å². The Balaban J connectivity index is 0. The maximum absolute atomic E-state index is 5.67. The van der Waals surface area contributed by atoms with E-state index in [-0.39, 0.29) is 0 Å². The van der Waals surface area contributed by atoms with Gasteiger partial charge in [-0.15, -0.1) is 0 Å². The summed E-state index contributed by atoms with van der Waals surface area (Å²) in [5, 5.41) is 0. The standard InChI is InChI=1S/C3H9ClSi.C2H7ClSi/c1-5(2,3)4;1-4(2)3/h1-3H3;4H,1-2H3. The first-order chi connectivity index (χ1) is 3.73. The predicted molar refractivity (Wildman–Crippen MR) is 53.9 cm³/mol. The van der Waals surface area contributed by atoms with Crippen LogP contribution in [0.25, 0.3) is 0 Å². The Morgan fingerprint density at radius 2 is 1.11 bits per heavy atom. The van der Waals surface area contributed by atoms with Gasteiger partial charge in [-0.1, -0.05) is 32.7 Å². The molecule has 9 heavy (non-hydrogen) atoms. The smallest absolute Gasteiger partial charge is 0.147 e. The summed E-state index contributed by atoms with van der Waals surface area (Å²) >= 11 is 11.1. The fourth-order valence-electron chi connectivity index (χ4n) is 0. The van der Waals surface area contributed by atoms with Crippen LogP contribution in [0.5, 0.6) is 0 Å². The van der Waals surface area contributed by atoms with Crippen molar-refractivity contribution in [1.82, 2.24) is 0 Å². The molecule has 0 aliphatic carbocycles. The van der Waals surface area contributed by atoms with Gasteiger partial charge in [0.1, 0.15) is 15.5 Å². The largest absolute Gasteiger partial charge is 0.172 e. The van der Waals surface area contributed by atoms with Crippen LogP contribution in [0.15, 0.2) is 0 Å². The molecule has 0 unspecified atom stereocenters. The van der Waals surface area contributed by atoms with Gasteiger partial charge in [-0.25, -0.2) is 0 Å². The molecule has 4 heteroatoms. The third-order valence-electron chi connectivity index (χ3n) is 0. The first-order valence-electron chi connectivity index (χ1n) is 3.06. The Kier molecular flexibility index (Phi) is 8.13. The summed E-state index contributed by atoms with van der Waals surface area (Å²) in [6.07, 6.45) is 0. The van der Waals surface area contributed by atoms with Crippen LogP contribution in [-0.2, 0) is 0 Å². The van der Waals surface area contributed by atoms with Crippen molar-refractivity contribution >= 4 is 37.6 Å². The summed E-state index contributed by atoms with van der Waals surface area (Å²) in [7, 11) is -1.81. The van der Waals surface area contributed by atoms with E-state index in [0.29, 0.717) is 0 Å². The molecule has 0 aromatic heterocycles. The molecule has 0 saturated carbocycles. The maximum Gasteiger partial charge on any atom is 0.147 e. The molecule has 0 radical (unpaired) electrons. The van der Waals surface area contributed by atoms with Gasteiger partial charge in [-0.05, 0) is 0 Å². The summed E-state index contributed by atoms with van der Waals surface area (Å²) < 4.78 is 0. The molecule has 0 rings (SSSR count). The minimum atomic E-state index is -1.14. The highest BCUT2D eigenvalue weighted by molar-refractivity contribution is 7.18. The molecular formula is C5H16Cl2Si2. The molecule has 0 amide bonds. The summed E-state index contributed by atoms with van der Waals surface area (Å²) in [5.74, 6) is 0. The van der Waals surface area contributed by atoms with E-state index in [1.54, 1.807) is 0 Å². The van der Waals surface area contributed by atoms with Gasteiger partial charge < -0.3 is 0 Å². The van der Waals surface area contributed by atoms with Crippen molar-refractivity contribution < 1.29 is 0 Å². The van der Waals surface area contributed by atoms with E-state index < -0.39 is 15.5 Å². The quantitative estimate of drug-likeness (QED) is 0.418. The van der Waals surface area contributed by atoms with E-state index in [0.717, 1.165) is 0 Å². The van der Waals surface area contributed by atoms with Crippen LogP contribution in [0.2, 0.25) is 32.7 Å². The fourth-order valence-corrected chi connectivity index (χ4v) is 0. The van der Waals surface area contributed by atoms with Crippen molar-refractivity contribution in [3.05, 3.63) is 0 Å². The molecule has 0 bridgehead atoms. The van der Waals surface area contributed by atoms with E-state index in [2.05, 4.69) is 32.7 Å². The van der Waals surface area contributed by atoms with Crippen LogP contribution in [0.1, 0.15) is 0 Å². The Morgan fingerprint density at radius 3 is 1.11 bits per heavy atom. The molecule has 0 atom stereocenters. The third kappa shape index (κ3) is 431. The molecule has 0 spiro atoms. The SMILES string of the molecule is C[SiH](C)Cl.C[Si](C)(C)Cl.